The van der Waals surface area contributed by atoms with Crippen LogP contribution in [0.2, 0.25) is 0 Å². The van der Waals surface area contributed by atoms with E-state index in [2.05, 4.69) is 35.8 Å². The Morgan fingerprint density at radius 3 is 1.17 bits per heavy atom. The number of quaternary nitrogens is 2. The van der Waals surface area contributed by atoms with Crippen molar-refractivity contribution in [2.75, 3.05) is 0 Å². The molecule has 0 aromatic rings. The Bertz CT molecular complexity index is 137. The normalized spacial score (nSPS) is 37.2. The Labute approximate surface area is 74.3 Å². The van der Waals surface area contributed by atoms with E-state index >= 15 is 0 Å². The minimum absolute atomic E-state index is 0.555. The van der Waals surface area contributed by atoms with E-state index in [1.807, 2.05) is 0 Å². The lowest BCUT2D eigenvalue weighted by molar-refractivity contribution is -0.419. The maximum absolute atomic E-state index is 4.07. The van der Waals surface area contributed by atoms with Gasteiger partial charge in [0.15, 0.2) is 0 Å². The van der Waals surface area contributed by atoms with Crippen LogP contribution in [0.1, 0.15) is 25.7 Å². The fraction of sp³-hybridized carbons (Fsp3) is 0.600. The second-order valence-electron chi connectivity index (χ2n) is 3.62. The largest absolute Gasteiger partial charge is 0.355 e. The van der Waals surface area contributed by atoms with Crippen LogP contribution < -0.4 is 11.5 Å². The molecule has 0 aromatic carbocycles. The summed E-state index contributed by atoms with van der Waals surface area (Å²) in [5, 5.41) is 0. The van der Waals surface area contributed by atoms with E-state index in [-0.39, 0.29) is 0 Å². The molecular weight excluding hydrogens is 148 g/mol. The summed E-state index contributed by atoms with van der Waals surface area (Å²) >= 11 is 0. The first-order chi connectivity index (χ1) is 5.79. The molecule has 0 amide bonds. The van der Waals surface area contributed by atoms with Gasteiger partial charge in [-0.1, -0.05) is 24.3 Å². The SMILES string of the molecule is [NH3+]C1C/C=C/CC([NH3+])C/C=C/C1. The standard InChI is InChI=1S/C10H18N2/c11-9-5-1-2-6-10(12)8-4-3-7-9/h1-4,9-10H,5-8,11-12H2/p+2/b2-1+,4-3+. The van der Waals surface area contributed by atoms with E-state index in [9.17, 15) is 0 Å². The first-order valence-electron chi connectivity index (χ1n) is 4.75. The summed E-state index contributed by atoms with van der Waals surface area (Å²) in [4.78, 5) is 0. The molecule has 2 heteroatoms. The van der Waals surface area contributed by atoms with Gasteiger partial charge in [-0.3, -0.25) is 0 Å². The summed E-state index contributed by atoms with van der Waals surface area (Å²) in [5.41, 5.74) is 8.14. The fourth-order valence-corrected chi connectivity index (χ4v) is 1.35. The Balaban J connectivity index is 2.43. The lowest BCUT2D eigenvalue weighted by Gasteiger charge is -2.05. The summed E-state index contributed by atoms with van der Waals surface area (Å²) in [6, 6.07) is 1.11. The quantitative estimate of drug-likeness (QED) is 0.474. The molecule has 0 heterocycles. The highest BCUT2D eigenvalue weighted by Gasteiger charge is 2.04. The predicted octanol–water partition coefficient (Wildman–Crippen LogP) is -0.106. The predicted molar refractivity (Wildman–Crippen MR) is 50.1 cm³/mol. The van der Waals surface area contributed by atoms with E-state index in [1.54, 1.807) is 0 Å². The van der Waals surface area contributed by atoms with Gasteiger partial charge in [-0.05, 0) is 0 Å². The second kappa shape index (κ2) is 5.12. The fourth-order valence-electron chi connectivity index (χ4n) is 1.35. The van der Waals surface area contributed by atoms with Crippen LogP contribution in [-0.4, -0.2) is 12.1 Å². The minimum Gasteiger partial charge on any atom is -0.355 e. The smallest absolute Gasteiger partial charge is 0.0913 e. The van der Waals surface area contributed by atoms with E-state index in [4.69, 9.17) is 0 Å². The molecule has 0 atom stereocenters. The van der Waals surface area contributed by atoms with Gasteiger partial charge in [0.1, 0.15) is 0 Å². The average molecular weight is 168 g/mol. The highest BCUT2D eigenvalue weighted by molar-refractivity contribution is 4.93. The summed E-state index contributed by atoms with van der Waals surface area (Å²) in [6.45, 7) is 0. The molecule has 0 saturated carbocycles. The van der Waals surface area contributed by atoms with Crippen LogP contribution in [-0.2, 0) is 0 Å². The molecule has 0 bridgehead atoms. The van der Waals surface area contributed by atoms with E-state index in [0.717, 1.165) is 25.7 Å². The molecule has 1 rings (SSSR count). The Morgan fingerprint density at radius 2 is 0.917 bits per heavy atom. The summed E-state index contributed by atoms with van der Waals surface area (Å²) in [5.74, 6) is 0. The number of rotatable bonds is 0. The van der Waals surface area contributed by atoms with Gasteiger partial charge in [-0.2, -0.15) is 0 Å². The lowest BCUT2D eigenvalue weighted by Crippen LogP contribution is -2.61. The number of hydrogen-bond donors (Lipinski definition) is 2. The van der Waals surface area contributed by atoms with Gasteiger partial charge in [0.05, 0.1) is 12.1 Å². The van der Waals surface area contributed by atoms with Gasteiger partial charge in [0.2, 0.25) is 0 Å². The maximum Gasteiger partial charge on any atom is 0.0913 e. The van der Waals surface area contributed by atoms with Crippen molar-refractivity contribution in [3.05, 3.63) is 24.3 Å². The van der Waals surface area contributed by atoms with Crippen molar-refractivity contribution in [3.63, 3.8) is 0 Å². The summed E-state index contributed by atoms with van der Waals surface area (Å²) in [6.07, 6.45) is 13.4. The first-order valence-corrected chi connectivity index (χ1v) is 4.75. The topological polar surface area (TPSA) is 55.3 Å². The molecule has 6 N–H and O–H groups in total. The Hall–Kier alpha value is -0.600. The summed E-state index contributed by atoms with van der Waals surface area (Å²) < 4.78 is 0. The first kappa shape index (κ1) is 9.49. The molecule has 0 aliphatic heterocycles. The minimum atomic E-state index is 0.555. The van der Waals surface area contributed by atoms with Crippen molar-refractivity contribution >= 4 is 0 Å². The lowest BCUT2D eigenvalue weighted by atomic mass is 10.0. The van der Waals surface area contributed by atoms with Gasteiger partial charge < -0.3 is 11.5 Å². The highest BCUT2D eigenvalue weighted by atomic mass is 14.6. The van der Waals surface area contributed by atoms with Crippen LogP contribution in [0.4, 0.5) is 0 Å². The maximum atomic E-state index is 4.07. The van der Waals surface area contributed by atoms with E-state index in [0.29, 0.717) is 12.1 Å². The molecule has 0 unspecified atom stereocenters. The van der Waals surface area contributed by atoms with Crippen LogP contribution in [0, 0.1) is 0 Å². The molecule has 0 aromatic heterocycles. The number of hydrogen-bond acceptors (Lipinski definition) is 0. The molecule has 0 spiro atoms. The van der Waals surface area contributed by atoms with Gasteiger partial charge >= 0.3 is 0 Å². The molecule has 12 heavy (non-hydrogen) atoms. The van der Waals surface area contributed by atoms with Crippen LogP contribution in [0.25, 0.3) is 0 Å². The van der Waals surface area contributed by atoms with Crippen molar-refractivity contribution in [1.82, 2.24) is 0 Å². The summed E-state index contributed by atoms with van der Waals surface area (Å²) in [7, 11) is 0. The van der Waals surface area contributed by atoms with Crippen molar-refractivity contribution in [2.24, 2.45) is 0 Å². The van der Waals surface area contributed by atoms with Crippen LogP contribution >= 0.6 is 0 Å². The molecule has 1 aliphatic rings. The third-order valence-corrected chi connectivity index (χ3v) is 2.21. The van der Waals surface area contributed by atoms with Crippen molar-refractivity contribution in [2.45, 2.75) is 37.8 Å². The van der Waals surface area contributed by atoms with Crippen LogP contribution in [0.5, 0.6) is 0 Å². The third kappa shape index (κ3) is 3.69. The van der Waals surface area contributed by atoms with Gasteiger partial charge in [0, 0.05) is 25.7 Å². The Kier molecular flexibility index (Phi) is 4.05. The Morgan fingerprint density at radius 1 is 0.667 bits per heavy atom. The van der Waals surface area contributed by atoms with Crippen molar-refractivity contribution in [1.29, 1.82) is 0 Å². The van der Waals surface area contributed by atoms with Gasteiger partial charge in [-0.25, -0.2) is 0 Å². The monoisotopic (exact) mass is 168 g/mol. The molecule has 2 nitrogen and oxygen atoms in total. The molecule has 0 fully saturated rings. The molecular formula is C10H20N2+2. The third-order valence-electron chi connectivity index (χ3n) is 2.21. The highest BCUT2D eigenvalue weighted by Crippen LogP contribution is 2.03. The second-order valence-corrected chi connectivity index (χ2v) is 3.62. The van der Waals surface area contributed by atoms with Crippen molar-refractivity contribution in [3.8, 4) is 0 Å². The molecule has 0 saturated heterocycles. The zero-order chi connectivity index (χ0) is 8.81. The van der Waals surface area contributed by atoms with Gasteiger partial charge in [0.25, 0.3) is 0 Å². The molecule has 68 valence electrons. The zero-order valence-electron chi connectivity index (χ0n) is 7.71. The zero-order valence-corrected chi connectivity index (χ0v) is 7.71. The van der Waals surface area contributed by atoms with Crippen LogP contribution in [0.15, 0.2) is 24.3 Å². The molecule has 0 radical (unpaired) electrons. The van der Waals surface area contributed by atoms with E-state index in [1.165, 1.54) is 0 Å². The van der Waals surface area contributed by atoms with Crippen molar-refractivity contribution < 1.29 is 11.5 Å². The van der Waals surface area contributed by atoms with Crippen LogP contribution in [0.3, 0.4) is 0 Å². The van der Waals surface area contributed by atoms with E-state index < -0.39 is 0 Å². The van der Waals surface area contributed by atoms with Gasteiger partial charge in [-0.15, -0.1) is 0 Å². The average Bonchev–Trinajstić information content (AvgIpc) is 2.06. The molecule has 1 aliphatic carbocycles.